The minimum Gasteiger partial charge on any atom is -0.482 e. The van der Waals surface area contributed by atoms with Crippen LogP contribution in [0.3, 0.4) is 0 Å². The van der Waals surface area contributed by atoms with Crippen LogP contribution in [0.4, 0.5) is 10.1 Å². The fourth-order valence-electron chi connectivity index (χ4n) is 4.98. The van der Waals surface area contributed by atoms with E-state index in [0.717, 1.165) is 6.20 Å². The number of rotatable bonds is 6. The number of aromatic nitrogens is 2. The van der Waals surface area contributed by atoms with Crippen LogP contribution in [0.2, 0.25) is 0 Å². The molecule has 0 saturated carbocycles. The average molecular weight is 550 g/mol. The average Bonchev–Trinajstić information content (AvgIpc) is 2.88. The molecule has 202 valence electrons. The minimum absolute atomic E-state index is 0.117. The van der Waals surface area contributed by atoms with Crippen LogP contribution in [0.1, 0.15) is 63.8 Å². The van der Waals surface area contributed by atoms with Crippen molar-refractivity contribution < 1.29 is 23.5 Å². The topological polar surface area (TPSA) is 128 Å². The summed E-state index contributed by atoms with van der Waals surface area (Å²) in [5.74, 6) is -1.28. The molecule has 11 heteroatoms. The number of nitrogens with two attached hydrogens (primary N) is 1. The molecular weight excluding hydrogens is 521 g/mol. The van der Waals surface area contributed by atoms with Gasteiger partial charge in [-0.3, -0.25) is 29.3 Å². The summed E-state index contributed by atoms with van der Waals surface area (Å²) >= 11 is 4.72. The molecule has 0 bridgehead atoms. The Morgan fingerprint density at radius 1 is 1.26 bits per heavy atom. The highest BCUT2D eigenvalue weighted by molar-refractivity contribution is 7.80. The van der Waals surface area contributed by atoms with E-state index in [-0.39, 0.29) is 48.1 Å². The zero-order valence-electron chi connectivity index (χ0n) is 21.7. The Morgan fingerprint density at radius 2 is 2.03 bits per heavy atom. The van der Waals surface area contributed by atoms with E-state index in [1.54, 1.807) is 18.2 Å². The first-order valence-electron chi connectivity index (χ1n) is 12.6. The largest absolute Gasteiger partial charge is 0.482 e. The number of benzene rings is 1. The van der Waals surface area contributed by atoms with Gasteiger partial charge in [0.2, 0.25) is 0 Å². The molecule has 5 rings (SSSR count). The molecule has 2 atom stereocenters. The van der Waals surface area contributed by atoms with Gasteiger partial charge in [0, 0.05) is 11.6 Å². The summed E-state index contributed by atoms with van der Waals surface area (Å²) in [6.07, 6.45) is 1.57. The lowest BCUT2D eigenvalue weighted by molar-refractivity contribution is -0.121. The Hall–Kier alpha value is -3.99. The molecule has 2 aliphatic rings. The second kappa shape index (κ2) is 10.3. The summed E-state index contributed by atoms with van der Waals surface area (Å²) in [5, 5.41) is 2.51. The van der Waals surface area contributed by atoms with Crippen molar-refractivity contribution in [1.29, 1.82) is 0 Å². The molecule has 9 nitrogen and oxygen atoms in total. The van der Waals surface area contributed by atoms with Crippen molar-refractivity contribution in [2.24, 2.45) is 11.7 Å². The molecule has 0 fully saturated rings. The quantitative estimate of drug-likeness (QED) is 0.403. The minimum atomic E-state index is -0.698. The molecule has 0 radical (unpaired) electrons. The van der Waals surface area contributed by atoms with Gasteiger partial charge in [0.25, 0.3) is 17.7 Å². The van der Waals surface area contributed by atoms with Crippen molar-refractivity contribution >= 4 is 36.0 Å². The fraction of sp³-hybridized carbons (Fsp3) is 0.321. The smallest absolute Gasteiger partial charge is 0.265 e. The van der Waals surface area contributed by atoms with Crippen molar-refractivity contribution in [3.63, 3.8) is 0 Å². The number of ether oxygens (including phenoxy) is 1. The predicted molar refractivity (Wildman–Crippen MR) is 146 cm³/mol. The lowest BCUT2D eigenvalue weighted by atomic mass is 9.86. The summed E-state index contributed by atoms with van der Waals surface area (Å²) in [6, 6.07) is 7.61. The van der Waals surface area contributed by atoms with Gasteiger partial charge in [-0.05, 0) is 49.1 Å². The van der Waals surface area contributed by atoms with Gasteiger partial charge in [0.15, 0.2) is 6.61 Å². The molecule has 4 heterocycles. The molecule has 0 spiro atoms. The van der Waals surface area contributed by atoms with E-state index in [1.165, 1.54) is 17.0 Å². The van der Waals surface area contributed by atoms with Gasteiger partial charge in [-0.25, -0.2) is 4.39 Å². The number of halogens is 1. The Balaban J connectivity index is 1.68. The zero-order chi connectivity index (χ0) is 28.0. The van der Waals surface area contributed by atoms with Gasteiger partial charge in [-0.15, -0.1) is 0 Å². The third kappa shape index (κ3) is 4.94. The van der Waals surface area contributed by atoms with Crippen molar-refractivity contribution in [3.05, 3.63) is 70.6 Å². The summed E-state index contributed by atoms with van der Waals surface area (Å²) in [4.78, 5) is 49.2. The van der Waals surface area contributed by atoms with Crippen LogP contribution in [-0.2, 0) is 17.8 Å². The molecule has 0 aliphatic carbocycles. The van der Waals surface area contributed by atoms with Crippen LogP contribution in [0.15, 0.2) is 36.5 Å². The van der Waals surface area contributed by atoms with E-state index < -0.39 is 17.0 Å². The van der Waals surface area contributed by atoms with E-state index in [9.17, 15) is 18.8 Å². The number of amides is 3. The van der Waals surface area contributed by atoms with E-state index in [4.69, 9.17) is 28.1 Å². The first-order chi connectivity index (χ1) is 18.5. The first-order valence-corrected chi connectivity index (χ1v) is 13.1. The van der Waals surface area contributed by atoms with Crippen molar-refractivity contribution in [2.75, 3.05) is 11.5 Å². The first kappa shape index (κ1) is 26.6. The van der Waals surface area contributed by atoms with E-state index in [0.29, 0.717) is 46.1 Å². The number of thiol groups is 1. The van der Waals surface area contributed by atoms with Gasteiger partial charge in [0.1, 0.15) is 11.6 Å². The second-order valence-corrected chi connectivity index (χ2v) is 10.7. The third-order valence-electron chi connectivity index (χ3n) is 6.79. The standard InChI is InChI=1S/C28H28FN5O4S/c1-13(2)8-18-23(27(30)36)22(24-25(33-18)26(39)14(3)32-28(24)37)15-4-7-19-20(9-15)38-12-21(35)34(19)11-17-6-5-16(29)10-31-17/h4-7,9-10,13-14,26,39H,8,11-12H2,1-3H3,(H2,30,36)(H,32,37). The maximum Gasteiger partial charge on any atom is 0.265 e. The van der Waals surface area contributed by atoms with Crippen LogP contribution in [0, 0.1) is 11.7 Å². The van der Waals surface area contributed by atoms with Gasteiger partial charge >= 0.3 is 0 Å². The molecule has 2 unspecified atom stereocenters. The number of carbonyl (C=O) groups is 3. The zero-order valence-corrected chi connectivity index (χ0v) is 22.6. The van der Waals surface area contributed by atoms with Crippen LogP contribution >= 0.6 is 12.6 Å². The molecule has 3 amide bonds. The Labute approximate surface area is 230 Å². The lowest BCUT2D eigenvalue weighted by Crippen LogP contribution is -2.42. The molecule has 2 aliphatic heterocycles. The summed E-state index contributed by atoms with van der Waals surface area (Å²) in [7, 11) is 0. The van der Waals surface area contributed by atoms with Crippen molar-refractivity contribution in [3.8, 4) is 16.9 Å². The number of nitrogens with zero attached hydrogens (tertiary/aromatic N) is 3. The number of nitrogens with one attached hydrogen (secondary N) is 1. The lowest BCUT2D eigenvalue weighted by Gasteiger charge is -2.32. The second-order valence-electron chi connectivity index (χ2n) is 10.2. The van der Waals surface area contributed by atoms with Crippen molar-refractivity contribution in [1.82, 2.24) is 15.3 Å². The Kier molecular flexibility index (Phi) is 7.02. The summed E-state index contributed by atoms with van der Waals surface area (Å²) in [6.45, 7) is 5.76. The normalized spacial score (nSPS) is 18.4. The third-order valence-corrected chi connectivity index (χ3v) is 7.48. The molecule has 0 saturated heterocycles. The van der Waals surface area contributed by atoms with Crippen LogP contribution < -0.4 is 20.7 Å². The molecular formula is C28H28FN5O4S. The molecule has 3 N–H and O–H groups in total. The Bertz CT molecular complexity index is 1490. The van der Waals surface area contributed by atoms with Gasteiger partial charge in [-0.1, -0.05) is 19.9 Å². The SMILES string of the molecule is CC(C)Cc1nc2c(c(-c3ccc4c(c3)OCC(=O)N4Cc3ccc(F)cn3)c1C(N)=O)C(=O)NC(C)C2S. The maximum atomic E-state index is 13.3. The van der Waals surface area contributed by atoms with E-state index in [1.807, 2.05) is 20.8 Å². The van der Waals surface area contributed by atoms with Gasteiger partial charge in [-0.2, -0.15) is 12.6 Å². The van der Waals surface area contributed by atoms with Gasteiger partial charge in [0.05, 0.1) is 51.9 Å². The molecule has 2 aromatic heterocycles. The molecule has 1 aromatic carbocycles. The van der Waals surface area contributed by atoms with E-state index in [2.05, 4.69) is 10.3 Å². The van der Waals surface area contributed by atoms with Crippen molar-refractivity contribution in [2.45, 2.75) is 45.0 Å². The maximum absolute atomic E-state index is 13.3. The highest BCUT2D eigenvalue weighted by atomic mass is 32.1. The number of anilines is 1. The number of primary amides is 1. The van der Waals surface area contributed by atoms with Gasteiger partial charge < -0.3 is 15.8 Å². The molecule has 3 aromatic rings. The number of fused-ring (bicyclic) bond motifs is 2. The number of pyridine rings is 2. The predicted octanol–water partition coefficient (Wildman–Crippen LogP) is 3.61. The fourth-order valence-corrected chi connectivity index (χ4v) is 5.24. The highest BCUT2D eigenvalue weighted by Crippen LogP contribution is 2.42. The Morgan fingerprint density at radius 3 is 2.69 bits per heavy atom. The number of hydrogen-bond donors (Lipinski definition) is 3. The van der Waals surface area contributed by atoms with Crippen LogP contribution in [0.5, 0.6) is 5.75 Å². The highest BCUT2D eigenvalue weighted by Gasteiger charge is 2.37. The number of carbonyl (C=O) groups excluding carboxylic acids is 3. The number of hydrogen-bond acceptors (Lipinski definition) is 7. The summed E-state index contributed by atoms with van der Waals surface area (Å²) in [5.41, 5.74) is 9.18. The van der Waals surface area contributed by atoms with Crippen LogP contribution in [0.25, 0.3) is 11.1 Å². The monoisotopic (exact) mass is 549 g/mol. The molecule has 39 heavy (non-hydrogen) atoms. The summed E-state index contributed by atoms with van der Waals surface area (Å²) < 4.78 is 19.1. The van der Waals surface area contributed by atoms with E-state index >= 15 is 0 Å². The van der Waals surface area contributed by atoms with Crippen LogP contribution in [-0.4, -0.2) is 40.3 Å².